The van der Waals surface area contributed by atoms with Gasteiger partial charge in [-0.05, 0) is 0 Å². The fraction of sp³-hybridized carbons (Fsp3) is 0.500. The molecule has 0 amide bonds. The predicted octanol–water partition coefficient (Wildman–Crippen LogP) is -3.01. The molecule has 1 saturated heterocycles. The number of aromatic amines is 1. The van der Waals surface area contributed by atoms with E-state index in [4.69, 9.17) is 15.1 Å². The van der Waals surface area contributed by atoms with Crippen LogP contribution in [0.15, 0.2) is 15.8 Å². The number of hydrogen-bond acceptors (Lipinski definition) is 6. The van der Waals surface area contributed by atoms with Crippen molar-refractivity contribution in [3.05, 3.63) is 27.0 Å². The maximum atomic E-state index is 11.7. The average molecular weight is 332 g/mol. The quantitative estimate of drug-likeness (QED) is 0.506. The van der Waals surface area contributed by atoms with Gasteiger partial charge < -0.3 is 0 Å². The topological polar surface area (TPSA) is 128 Å². The van der Waals surface area contributed by atoms with E-state index in [0.29, 0.717) is 0 Å². The number of nitrogens with zero attached hydrogens (tertiary/aromatic N) is 2. The van der Waals surface area contributed by atoms with Gasteiger partial charge in [0.1, 0.15) is 0 Å². The molecule has 2 heterocycles. The van der Waals surface area contributed by atoms with Gasteiger partial charge in [-0.15, -0.1) is 0 Å². The molecule has 0 unspecified atom stereocenters. The third-order valence-corrected chi connectivity index (χ3v) is 4.05. The Morgan fingerprint density at radius 1 is 1.63 bits per heavy atom. The van der Waals surface area contributed by atoms with Gasteiger partial charge >= 0.3 is 113 Å². The summed E-state index contributed by atoms with van der Waals surface area (Å²) in [5.41, 5.74) is -1.25. The SMILES string of the molecule is N#C[Se]c1cn([C@H]2C[C@H](O)[C@@H](CO)O2)c(=O)[nH]c1=O. The number of aliphatic hydroxyl groups is 2. The molecule has 0 radical (unpaired) electrons. The molecule has 0 aliphatic carbocycles. The average Bonchev–Trinajstić information content (AvgIpc) is 2.74. The van der Waals surface area contributed by atoms with Crippen molar-refractivity contribution < 1.29 is 14.9 Å². The van der Waals surface area contributed by atoms with Gasteiger partial charge in [0.05, 0.1) is 0 Å². The molecule has 0 saturated carbocycles. The molecule has 3 N–H and O–H groups in total. The molecule has 1 aliphatic heterocycles. The second-order valence-corrected chi connectivity index (χ2v) is 5.70. The first kappa shape index (κ1) is 14.0. The molecule has 19 heavy (non-hydrogen) atoms. The Bertz CT molecular complexity index is 619. The van der Waals surface area contributed by atoms with E-state index < -0.39 is 44.6 Å². The zero-order valence-corrected chi connectivity index (χ0v) is 11.4. The third kappa shape index (κ3) is 2.78. The Hall–Kier alpha value is -1.43. The van der Waals surface area contributed by atoms with Crippen LogP contribution in [-0.4, -0.2) is 53.5 Å². The first-order valence-electron chi connectivity index (χ1n) is 5.42. The van der Waals surface area contributed by atoms with E-state index in [2.05, 4.69) is 4.98 Å². The van der Waals surface area contributed by atoms with Crippen molar-refractivity contribution in [3.8, 4) is 4.97 Å². The van der Waals surface area contributed by atoms with E-state index in [1.807, 2.05) is 4.97 Å². The molecule has 3 atom stereocenters. The molecule has 0 bridgehead atoms. The Balaban J connectivity index is 2.36. The van der Waals surface area contributed by atoms with Crippen molar-refractivity contribution in [2.45, 2.75) is 24.9 Å². The summed E-state index contributed by atoms with van der Waals surface area (Å²) in [7, 11) is 0. The van der Waals surface area contributed by atoms with Crippen molar-refractivity contribution in [3.63, 3.8) is 0 Å². The van der Waals surface area contributed by atoms with Crippen molar-refractivity contribution in [2.75, 3.05) is 6.61 Å². The van der Waals surface area contributed by atoms with E-state index in [1.165, 1.54) is 6.20 Å². The van der Waals surface area contributed by atoms with Gasteiger partial charge in [0.25, 0.3) is 0 Å². The van der Waals surface area contributed by atoms with Crippen LogP contribution in [0.5, 0.6) is 0 Å². The summed E-state index contributed by atoms with van der Waals surface area (Å²) >= 11 is -0.698. The summed E-state index contributed by atoms with van der Waals surface area (Å²) in [6.45, 7) is -0.356. The first-order chi connectivity index (χ1) is 9.06. The van der Waals surface area contributed by atoms with Crippen LogP contribution in [0.3, 0.4) is 0 Å². The van der Waals surface area contributed by atoms with Gasteiger partial charge in [-0.25, -0.2) is 0 Å². The first-order valence-corrected chi connectivity index (χ1v) is 7.14. The fourth-order valence-electron chi connectivity index (χ4n) is 1.85. The molecule has 0 aromatic carbocycles. The van der Waals surface area contributed by atoms with E-state index in [1.54, 1.807) is 0 Å². The van der Waals surface area contributed by atoms with Gasteiger partial charge in [-0.1, -0.05) is 0 Å². The van der Waals surface area contributed by atoms with E-state index >= 15 is 0 Å². The van der Waals surface area contributed by atoms with Crippen LogP contribution in [0.25, 0.3) is 0 Å². The summed E-state index contributed by atoms with van der Waals surface area (Å²) < 4.78 is 6.67. The number of aromatic nitrogens is 2. The fourth-order valence-corrected chi connectivity index (χ4v) is 2.71. The number of H-pyrrole nitrogens is 1. The van der Waals surface area contributed by atoms with E-state index in [-0.39, 0.29) is 17.5 Å². The van der Waals surface area contributed by atoms with Crippen LogP contribution >= 0.6 is 0 Å². The van der Waals surface area contributed by atoms with Gasteiger partial charge in [-0.2, -0.15) is 0 Å². The molecule has 0 spiro atoms. The molecule has 1 aromatic heterocycles. The number of nitrogens with one attached hydrogen (secondary N) is 1. The molecular weight excluding hydrogens is 321 g/mol. The van der Waals surface area contributed by atoms with Crippen LogP contribution in [0.1, 0.15) is 12.6 Å². The Kier molecular flexibility index (Phi) is 4.19. The third-order valence-electron chi connectivity index (χ3n) is 2.79. The summed E-state index contributed by atoms with van der Waals surface area (Å²) in [5.74, 6) is 0. The zero-order chi connectivity index (χ0) is 14.0. The molecule has 8 nitrogen and oxygen atoms in total. The standard InChI is InChI=1S/C10H11N3O5Se/c11-4-19-7-2-13(10(17)12-9(7)16)8-1-5(15)6(3-14)18-8/h2,5-6,8,14-15H,1,3H2,(H,12,16,17)/t5-,6+,8+/m0/s1. The second kappa shape index (κ2) is 5.69. The maximum absolute atomic E-state index is 11.7. The minimum atomic E-state index is -0.876. The number of ether oxygens (including phenoxy) is 1. The molecule has 102 valence electrons. The van der Waals surface area contributed by atoms with E-state index in [0.717, 1.165) is 4.57 Å². The Morgan fingerprint density at radius 3 is 2.95 bits per heavy atom. The summed E-state index contributed by atoms with van der Waals surface area (Å²) in [4.78, 5) is 27.1. The van der Waals surface area contributed by atoms with Crippen LogP contribution in [-0.2, 0) is 4.74 Å². The summed E-state index contributed by atoms with van der Waals surface area (Å²) in [6, 6.07) is 0. The van der Waals surface area contributed by atoms with Crippen molar-refractivity contribution >= 4 is 19.4 Å². The van der Waals surface area contributed by atoms with Crippen LogP contribution in [0.2, 0.25) is 0 Å². The normalized spacial score (nSPS) is 26.3. The van der Waals surface area contributed by atoms with Gasteiger partial charge in [0.15, 0.2) is 0 Å². The molecule has 1 aromatic rings. The molecule has 1 fully saturated rings. The zero-order valence-electron chi connectivity index (χ0n) is 9.65. The van der Waals surface area contributed by atoms with E-state index in [9.17, 15) is 14.7 Å². The summed E-state index contributed by atoms with van der Waals surface area (Å²) in [6.07, 6.45) is -0.977. The van der Waals surface area contributed by atoms with Crippen LogP contribution in [0.4, 0.5) is 0 Å². The monoisotopic (exact) mass is 333 g/mol. The van der Waals surface area contributed by atoms with Crippen LogP contribution < -0.4 is 15.7 Å². The van der Waals surface area contributed by atoms with Crippen molar-refractivity contribution in [2.24, 2.45) is 0 Å². The second-order valence-electron chi connectivity index (χ2n) is 3.97. The summed E-state index contributed by atoms with van der Waals surface area (Å²) in [5, 5.41) is 27.2. The number of nitriles is 1. The molecule has 1 aliphatic rings. The van der Waals surface area contributed by atoms with Crippen LogP contribution in [0, 0.1) is 10.2 Å². The molecule has 2 rings (SSSR count). The molecular formula is C10H11N3O5Se. The van der Waals surface area contributed by atoms with Crippen molar-refractivity contribution in [1.29, 1.82) is 5.26 Å². The van der Waals surface area contributed by atoms with Gasteiger partial charge in [-0.3, -0.25) is 0 Å². The van der Waals surface area contributed by atoms with Gasteiger partial charge in [0.2, 0.25) is 0 Å². The minimum absolute atomic E-state index is 0.135. The predicted molar refractivity (Wildman–Crippen MR) is 63.9 cm³/mol. The molecule has 9 heteroatoms. The van der Waals surface area contributed by atoms with Crippen molar-refractivity contribution in [1.82, 2.24) is 9.55 Å². The number of aliphatic hydroxyl groups excluding tert-OH is 2. The van der Waals surface area contributed by atoms with Gasteiger partial charge in [0, 0.05) is 0 Å². The Labute approximate surface area is 113 Å². The number of hydrogen-bond donors (Lipinski definition) is 3. The number of rotatable bonds is 3. The Morgan fingerprint density at radius 2 is 2.37 bits per heavy atom.